The molecule has 4 heteroatoms. The van der Waals surface area contributed by atoms with Crippen LogP contribution in [-0.2, 0) is 26.2 Å². The summed E-state index contributed by atoms with van der Waals surface area (Å²) < 4.78 is 0. The van der Waals surface area contributed by atoms with E-state index in [2.05, 4.69) is 0 Å². The van der Waals surface area contributed by atoms with Gasteiger partial charge in [-0.15, -0.1) is 0 Å². The molecule has 2 aromatic carbocycles. The molecule has 2 rings (SSSR count). The molecule has 2 aromatic rings. The van der Waals surface area contributed by atoms with Gasteiger partial charge in [-0.3, -0.25) is 0 Å². The van der Waals surface area contributed by atoms with E-state index in [0.717, 1.165) is 0 Å². The van der Waals surface area contributed by atoms with E-state index in [1.807, 2.05) is 60.7 Å². The zero-order chi connectivity index (χ0) is 9.78. The van der Waals surface area contributed by atoms with Gasteiger partial charge in [0, 0.05) is 6.61 Å². The van der Waals surface area contributed by atoms with Crippen molar-refractivity contribution in [1.82, 2.24) is 0 Å². The first-order valence-corrected chi connectivity index (χ1v) is 4.36. The van der Waals surface area contributed by atoms with Crippen molar-refractivity contribution in [3.8, 4) is 0 Å². The quantitative estimate of drug-likeness (QED) is 0.502. The normalized spacial score (nSPS) is 6.12. The Bertz CT molecular complexity index is 171. The van der Waals surface area contributed by atoms with Crippen molar-refractivity contribution >= 4 is 0 Å². The molecule has 88 valence electrons. The van der Waals surface area contributed by atoms with Gasteiger partial charge < -0.3 is 29.9 Å². The molecule has 0 bridgehead atoms. The Morgan fingerprint density at radius 1 is 0.812 bits per heavy atom. The average Bonchev–Trinajstić information content (AvgIpc) is 2.85. The van der Waals surface area contributed by atoms with E-state index in [9.17, 15) is 0 Å². The summed E-state index contributed by atoms with van der Waals surface area (Å²) in [5.74, 6) is 0. The van der Waals surface area contributed by atoms with E-state index in [1.165, 1.54) is 0 Å². The van der Waals surface area contributed by atoms with Crippen molar-refractivity contribution in [2.75, 3.05) is 6.61 Å². The molecule has 0 saturated heterocycles. The van der Waals surface area contributed by atoms with Gasteiger partial charge in [-0.2, -0.15) is 36.4 Å². The first kappa shape index (κ1) is 25.1. The Kier molecular flexibility index (Phi) is 38.2. The van der Waals surface area contributed by atoms with Crippen molar-refractivity contribution in [1.29, 1.82) is 0 Å². The largest absolute Gasteiger partial charge is 4.00 e. The monoisotopic (exact) mass is 336 g/mol. The maximum atomic E-state index is 7.57. The maximum absolute atomic E-state index is 7.57. The third-order valence-electron chi connectivity index (χ3n) is 1.11. The van der Waals surface area contributed by atoms with Gasteiger partial charge in [0.15, 0.2) is 0 Å². The van der Waals surface area contributed by atoms with Crippen LogP contribution in [0.15, 0.2) is 60.7 Å². The van der Waals surface area contributed by atoms with Crippen LogP contribution < -0.4 is 24.8 Å². The molecule has 0 amide bonds. The van der Waals surface area contributed by atoms with Gasteiger partial charge in [0.2, 0.25) is 0 Å². The van der Waals surface area contributed by atoms with Gasteiger partial charge in [-0.05, 0) is 6.92 Å². The first-order chi connectivity index (χ1) is 6.41. The second kappa shape index (κ2) is 24.4. The molecule has 0 unspecified atom stereocenters. The van der Waals surface area contributed by atoms with Gasteiger partial charge in [0.1, 0.15) is 0 Å². The van der Waals surface area contributed by atoms with Crippen LogP contribution in [0.4, 0.5) is 0 Å². The Labute approximate surface area is 130 Å². The Morgan fingerprint density at radius 2 is 1.00 bits per heavy atom. The van der Waals surface area contributed by atoms with Crippen LogP contribution in [0.25, 0.3) is 0 Å². The molecule has 0 aliphatic carbocycles. The molecule has 0 aliphatic rings. The second-order valence-electron chi connectivity index (χ2n) is 2.24. The van der Waals surface area contributed by atoms with Crippen molar-refractivity contribution in [2.45, 2.75) is 6.92 Å². The summed E-state index contributed by atoms with van der Waals surface area (Å²) in [4.78, 5) is 0. The van der Waals surface area contributed by atoms with Crippen LogP contribution in [-0.4, -0.2) is 11.7 Å². The minimum atomic E-state index is 0. The standard InChI is InChI=1S/2C5H5.C2H6O.2ClH.Zr/c2*1-2-4-5-3-1;1-2-3;;;/h2*1-5H;3H,2H2,1H3;2*1H;/q2*-1;;;;+4/p-2. The molecule has 1 nitrogen and oxygen atoms in total. The van der Waals surface area contributed by atoms with E-state index < -0.39 is 0 Å². The molecule has 0 aliphatic heterocycles. The predicted molar refractivity (Wildman–Crippen MR) is 56.8 cm³/mol. The predicted octanol–water partition coefficient (Wildman–Crippen LogP) is -3.18. The van der Waals surface area contributed by atoms with E-state index in [0.29, 0.717) is 0 Å². The number of halogens is 2. The SMILES string of the molecule is CCO.[Cl-].[Cl-].[Zr+4].c1cc[cH-]c1.c1cc[cH-]c1. The molecule has 0 aromatic heterocycles. The van der Waals surface area contributed by atoms with Crippen molar-refractivity contribution in [3.63, 3.8) is 0 Å². The summed E-state index contributed by atoms with van der Waals surface area (Å²) in [5.41, 5.74) is 0. The van der Waals surface area contributed by atoms with Crippen molar-refractivity contribution in [2.24, 2.45) is 0 Å². The number of rotatable bonds is 0. The fraction of sp³-hybridized carbons (Fsp3) is 0.167. The Balaban J connectivity index is -0.0000000638. The minimum absolute atomic E-state index is 0. The van der Waals surface area contributed by atoms with Gasteiger partial charge in [0.05, 0.1) is 0 Å². The van der Waals surface area contributed by atoms with Gasteiger partial charge in [0.25, 0.3) is 0 Å². The zero-order valence-electron chi connectivity index (χ0n) is 9.18. The fourth-order valence-corrected chi connectivity index (χ4v) is 0.642. The summed E-state index contributed by atoms with van der Waals surface area (Å²) in [6, 6.07) is 20.0. The molecule has 0 fully saturated rings. The van der Waals surface area contributed by atoms with Crippen LogP contribution >= 0.6 is 0 Å². The first-order valence-electron chi connectivity index (χ1n) is 4.36. The smallest absolute Gasteiger partial charge is 1.00 e. The van der Waals surface area contributed by atoms with Crippen LogP contribution in [0.3, 0.4) is 0 Å². The summed E-state index contributed by atoms with van der Waals surface area (Å²) in [7, 11) is 0. The minimum Gasteiger partial charge on any atom is -1.00 e. The molecular formula is C12H16Cl2OZr. The molecule has 1 N–H and O–H groups in total. The van der Waals surface area contributed by atoms with E-state index in [-0.39, 0.29) is 57.6 Å². The zero-order valence-corrected chi connectivity index (χ0v) is 13.2. The van der Waals surface area contributed by atoms with Crippen LogP contribution in [0.2, 0.25) is 0 Å². The molecule has 0 heterocycles. The topological polar surface area (TPSA) is 20.2 Å². The summed E-state index contributed by atoms with van der Waals surface area (Å²) >= 11 is 0. The second-order valence-corrected chi connectivity index (χ2v) is 2.24. The van der Waals surface area contributed by atoms with Gasteiger partial charge in [-0.1, -0.05) is 0 Å². The van der Waals surface area contributed by atoms with Crippen molar-refractivity contribution < 1.29 is 56.1 Å². The van der Waals surface area contributed by atoms with Gasteiger partial charge >= 0.3 is 26.2 Å². The molecular weight excluding hydrogens is 322 g/mol. The van der Waals surface area contributed by atoms with E-state index >= 15 is 0 Å². The average molecular weight is 338 g/mol. The number of hydrogen-bond acceptors (Lipinski definition) is 1. The number of aliphatic hydroxyl groups excluding tert-OH is 1. The van der Waals surface area contributed by atoms with Crippen LogP contribution in [0, 0.1) is 0 Å². The summed E-state index contributed by atoms with van der Waals surface area (Å²) in [5, 5.41) is 7.57. The van der Waals surface area contributed by atoms with E-state index in [1.54, 1.807) is 6.92 Å². The third kappa shape index (κ3) is 23.7. The van der Waals surface area contributed by atoms with E-state index in [4.69, 9.17) is 5.11 Å². The molecule has 16 heavy (non-hydrogen) atoms. The summed E-state index contributed by atoms with van der Waals surface area (Å²) in [6.07, 6.45) is 0. The molecule has 0 radical (unpaired) electrons. The maximum Gasteiger partial charge on any atom is 4.00 e. The van der Waals surface area contributed by atoms with Crippen molar-refractivity contribution in [3.05, 3.63) is 60.7 Å². The Hall–Kier alpha value is 0.123. The van der Waals surface area contributed by atoms with Crippen LogP contribution in [0.5, 0.6) is 0 Å². The summed E-state index contributed by atoms with van der Waals surface area (Å²) in [6.45, 7) is 1.93. The Morgan fingerprint density at radius 3 is 1.06 bits per heavy atom. The third-order valence-corrected chi connectivity index (χ3v) is 1.11. The molecule has 0 atom stereocenters. The molecule has 0 spiro atoms. The van der Waals surface area contributed by atoms with Gasteiger partial charge in [-0.25, -0.2) is 24.3 Å². The fourth-order valence-electron chi connectivity index (χ4n) is 0.642. The number of aliphatic hydroxyl groups is 1. The van der Waals surface area contributed by atoms with Crippen LogP contribution in [0.1, 0.15) is 6.92 Å². The molecule has 0 saturated carbocycles. The number of hydrogen-bond donors (Lipinski definition) is 1.